The Morgan fingerprint density at radius 3 is 2.55 bits per heavy atom. The van der Waals surface area contributed by atoms with Crippen molar-refractivity contribution >= 4 is 45.0 Å². The fourth-order valence-corrected chi connectivity index (χ4v) is 4.68. The molecule has 8 heteroatoms. The number of sulfonamides is 1. The topological polar surface area (TPSA) is 66.5 Å². The minimum atomic E-state index is -3.40. The predicted molar refractivity (Wildman–Crippen MR) is 123 cm³/mol. The number of nitrogens with zero attached hydrogens (tertiary/aromatic N) is 1. The molecule has 2 rings (SSSR count). The van der Waals surface area contributed by atoms with Crippen molar-refractivity contribution in [3.63, 3.8) is 0 Å². The number of halogens is 1. The van der Waals surface area contributed by atoms with Gasteiger partial charge >= 0.3 is 0 Å². The Labute approximate surface area is 182 Å². The maximum atomic E-state index is 12.1. The van der Waals surface area contributed by atoms with Gasteiger partial charge in [-0.2, -0.15) is 11.8 Å². The van der Waals surface area contributed by atoms with Crippen molar-refractivity contribution in [2.75, 3.05) is 29.4 Å². The number of hydrogen-bond donors (Lipinski definition) is 1. The Morgan fingerprint density at radius 1 is 1.17 bits per heavy atom. The summed E-state index contributed by atoms with van der Waals surface area (Å²) in [6, 6.07) is 15.1. The first-order valence-corrected chi connectivity index (χ1v) is 12.8. The summed E-state index contributed by atoms with van der Waals surface area (Å²) < 4.78 is 25.6. The second kappa shape index (κ2) is 11.5. The van der Waals surface area contributed by atoms with Gasteiger partial charge in [0.1, 0.15) is 0 Å². The highest BCUT2D eigenvalue weighted by atomic mass is 35.5. The Bertz CT molecular complexity index is 902. The lowest BCUT2D eigenvalue weighted by Crippen LogP contribution is -2.32. The van der Waals surface area contributed by atoms with E-state index in [1.54, 1.807) is 17.8 Å². The van der Waals surface area contributed by atoms with Gasteiger partial charge in [0.15, 0.2) is 0 Å². The molecule has 0 unspecified atom stereocenters. The fraction of sp³-hybridized carbons (Fsp3) is 0.381. The SMILES string of the molecule is Cc1cccc(N(CCCC(=O)NCCSCc2ccc(Cl)cc2)S(C)(=O)=O)c1. The Kier molecular flexibility index (Phi) is 9.33. The van der Waals surface area contributed by atoms with Crippen molar-refractivity contribution in [2.45, 2.75) is 25.5 Å². The average Bonchev–Trinajstić information content (AvgIpc) is 2.65. The number of nitrogens with one attached hydrogen (secondary N) is 1. The first kappa shape index (κ1) is 23.6. The van der Waals surface area contributed by atoms with E-state index in [0.717, 1.165) is 22.1 Å². The molecule has 0 spiro atoms. The number of benzene rings is 2. The number of thioether (sulfide) groups is 1. The first-order valence-electron chi connectivity index (χ1n) is 9.39. The second-order valence-corrected chi connectivity index (χ2v) is 10.3. The second-order valence-electron chi connectivity index (χ2n) is 6.81. The quantitative estimate of drug-likeness (QED) is 0.515. The van der Waals surface area contributed by atoms with Crippen LogP contribution in [0.1, 0.15) is 24.0 Å². The van der Waals surface area contributed by atoms with Crippen molar-refractivity contribution in [2.24, 2.45) is 0 Å². The maximum Gasteiger partial charge on any atom is 0.232 e. The molecule has 0 bridgehead atoms. The van der Waals surface area contributed by atoms with Crippen molar-refractivity contribution < 1.29 is 13.2 Å². The fourth-order valence-electron chi connectivity index (χ4n) is 2.77. The number of anilines is 1. The lowest BCUT2D eigenvalue weighted by molar-refractivity contribution is -0.121. The van der Waals surface area contributed by atoms with Crippen molar-refractivity contribution in [3.8, 4) is 0 Å². The zero-order valence-electron chi connectivity index (χ0n) is 16.7. The molecule has 0 saturated heterocycles. The molecule has 29 heavy (non-hydrogen) atoms. The molecular weight excluding hydrogens is 428 g/mol. The Morgan fingerprint density at radius 2 is 1.90 bits per heavy atom. The van der Waals surface area contributed by atoms with E-state index in [1.807, 2.05) is 49.4 Å². The molecule has 158 valence electrons. The molecule has 1 N–H and O–H groups in total. The molecule has 0 aromatic heterocycles. The van der Waals surface area contributed by atoms with E-state index in [9.17, 15) is 13.2 Å². The molecule has 0 heterocycles. The van der Waals surface area contributed by atoms with Crippen LogP contribution in [0.3, 0.4) is 0 Å². The highest BCUT2D eigenvalue weighted by Gasteiger charge is 2.17. The zero-order chi connectivity index (χ0) is 21.3. The van der Waals surface area contributed by atoms with Crippen LogP contribution in [-0.2, 0) is 20.6 Å². The molecule has 0 aliphatic heterocycles. The van der Waals surface area contributed by atoms with Crippen LogP contribution in [0.5, 0.6) is 0 Å². The van der Waals surface area contributed by atoms with Crippen LogP contribution in [0.25, 0.3) is 0 Å². The standard InChI is InChI=1S/C21H27ClN2O3S2/c1-17-5-3-6-20(15-17)24(29(2,26)27)13-4-7-21(25)23-12-14-28-16-18-8-10-19(22)11-9-18/h3,5-6,8-11,15H,4,7,12-14,16H2,1-2H3,(H,23,25). The highest BCUT2D eigenvalue weighted by Crippen LogP contribution is 2.19. The molecule has 0 atom stereocenters. The summed E-state index contributed by atoms with van der Waals surface area (Å²) in [6.45, 7) is 2.79. The summed E-state index contributed by atoms with van der Waals surface area (Å²) in [5.74, 6) is 1.62. The third-order valence-electron chi connectivity index (χ3n) is 4.21. The minimum absolute atomic E-state index is 0.0604. The van der Waals surface area contributed by atoms with Crippen LogP contribution >= 0.6 is 23.4 Å². The van der Waals surface area contributed by atoms with Gasteiger partial charge in [-0.05, 0) is 48.7 Å². The highest BCUT2D eigenvalue weighted by molar-refractivity contribution is 7.98. The van der Waals surface area contributed by atoms with Crippen LogP contribution in [0, 0.1) is 6.92 Å². The van der Waals surface area contributed by atoms with Gasteiger partial charge in [-0.15, -0.1) is 0 Å². The molecule has 2 aromatic carbocycles. The average molecular weight is 455 g/mol. The molecule has 0 aliphatic rings. The molecule has 1 amide bonds. The van der Waals surface area contributed by atoms with Gasteiger partial charge < -0.3 is 5.32 Å². The zero-order valence-corrected chi connectivity index (χ0v) is 19.1. The summed E-state index contributed by atoms with van der Waals surface area (Å²) in [5, 5.41) is 3.62. The van der Waals surface area contributed by atoms with Crippen LogP contribution in [0.15, 0.2) is 48.5 Å². The molecule has 0 aliphatic carbocycles. The van der Waals surface area contributed by atoms with Gasteiger partial charge in [0.05, 0.1) is 11.9 Å². The largest absolute Gasteiger partial charge is 0.355 e. The van der Waals surface area contributed by atoms with Gasteiger partial charge in [-0.1, -0.05) is 35.9 Å². The number of carbonyl (C=O) groups excluding carboxylic acids is 1. The number of aryl methyl sites for hydroxylation is 1. The molecule has 0 fully saturated rings. The number of amides is 1. The number of carbonyl (C=O) groups is 1. The van der Waals surface area contributed by atoms with E-state index in [-0.39, 0.29) is 12.5 Å². The monoisotopic (exact) mass is 454 g/mol. The number of hydrogen-bond acceptors (Lipinski definition) is 4. The van der Waals surface area contributed by atoms with Crippen LogP contribution in [0.2, 0.25) is 5.02 Å². The molecular formula is C21H27ClN2O3S2. The molecule has 0 radical (unpaired) electrons. The first-order chi connectivity index (χ1) is 13.8. The van der Waals surface area contributed by atoms with Crippen LogP contribution in [0.4, 0.5) is 5.69 Å². The van der Waals surface area contributed by atoms with E-state index in [0.29, 0.717) is 25.1 Å². The predicted octanol–water partition coefficient (Wildman–Crippen LogP) is 4.24. The normalized spacial score (nSPS) is 11.3. The van der Waals surface area contributed by atoms with Gasteiger partial charge in [-0.25, -0.2) is 8.42 Å². The van der Waals surface area contributed by atoms with Crippen molar-refractivity contribution in [1.29, 1.82) is 0 Å². The van der Waals surface area contributed by atoms with Crippen molar-refractivity contribution in [3.05, 3.63) is 64.7 Å². The molecule has 5 nitrogen and oxygen atoms in total. The molecule has 2 aromatic rings. The summed E-state index contributed by atoms with van der Waals surface area (Å²) in [5.41, 5.74) is 2.82. The Hall–Kier alpha value is -1.70. The van der Waals surface area contributed by atoms with Gasteiger partial charge in [0, 0.05) is 36.0 Å². The van der Waals surface area contributed by atoms with Gasteiger partial charge in [0.2, 0.25) is 15.9 Å². The van der Waals surface area contributed by atoms with Gasteiger partial charge in [-0.3, -0.25) is 9.10 Å². The summed E-state index contributed by atoms with van der Waals surface area (Å²) >= 11 is 7.61. The summed E-state index contributed by atoms with van der Waals surface area (Å²) in [6.07, 6.45) is 1.94. The minimum Gasteiger partial charge on any atom is -0.355 e. The van der Waals surface area contributed by atoms with Crippen LogP contribution < -0.4 is 9.62 Å². The molecule has 0 saturated carbocycles. The van der Waals surface area contributed by atoms with Crippen LogP contribution in [-0.4, -0.2) is 39.4 Å². The van der Waals surface area contributed by atoms with Gasteiger partial charge in [0.25, 0.3) is 0 Å². The summed E-state index contributed by atoms with van der Waals surface area (Å²) in [7, 11) is -3.40. The van der Waals surface area contributed by atoms with E-state index in [2.05, 4.69) is 5.32 Å². The van der Waals surface area contributed by atoms with Crippen molar-refractivity contribution in [1.82, 2.24) is 5.32 Å². The van der Waals surface area contributed by atoms with E-state index < -0.39 is 10.0 Å². The summed E-state index contributed by atoms with van der Waals surface area (Å²) in [4.78, 5) is 12.0. The lowest BCUT2D eigenvalue weighted by atomic mass is 10.2. The lowest BCUT2D eigenvalue weighted by Gasteiger charge is -2.22. The van der Waals surface area contributed by atoms with E-state index >= 15 is 0 Å². The Balaban J connectivity index is 1.69. The smallest absolute Gasteiger partial charge is 0.232 e. The number of rotatable bonds is 11. The third kappa shape index (κ3) is 8.68. The van der Waals surface area contributed by atoms with E-state index in [1.165, 1.54) is 16.1 Å². The third-order valence-corrected chi connectivity index (χ3v) is 6.68. The maximum absolute atomic E-state index is 12.1. The van der Waals surface area contributed by atoms with E-state index in [4.69, 9.17) is 11.6 Å².